The van der Waals surface area contributed by atoms with Gasteiger partial charge < -0.3 is 20.6 Å². The molecule has 1 aliphatic rings. The molecule has 1 rings (SSSR count). The van der Waals surface area contributed by atoms with Crippen molar-refractivity contribution >= 4 is 0 Å². The SMILES string of the molecule is OCC(O)CNC1CCCCC1CO. The van der Waals surface area contributed by atoms with Crippen LogP contribution in [0.25, 0.3) is 0 Å². The van der Waals surface area contributed by atoms with Gasteiger partial charge in [-0.25, -0.2) is 0 Å². The van der Waals surface area contributed by atoms with Gasteiger partial charge in [-0.2, -0.15) is 0 Å². The number of nitrogens with one attached hydrogen (secondary N) is 1. The second-order valence-electron chi connectivity index (χ2n) is 4.08. The summed E-state index contributed by atoms with van der Waals surface area (Å²) < 4.78 is 0. The fraction of sp³-hybridized carbons (Fsp3) is 1.00. The average molecular weight is 203 g/mol. The predicted octanol–water partition coefficient (Wildman–Crippen LogP) is -0.520. The Balaban J connectivity index is 2.26. The molecule has 4 heteroatoms. The van der Waals surface area contributed by atoms with Crippen LogP contribution >= 0.6 is 0 Å². The lowest BCUT2D eigenvalue weighted by atomic mass is 9.85. The van der Waals surface area contributed by atoms with Crippen molar-refractivity contribution in [1.82, 2.24) is 5.32 Å². The Morgan fingerprint density at radius 2 is 1.93 bits per heavy atom. The van der Waals surface area contributed by atoms with Crippen molar-refractivity contribution in [2.75, 3.05) is 19.8 Å². The van der Waals surface area contributed by atoms with E-state index in [1.165, 1.54) is 12.8 Å². The molecule has 0 amide bonds. The largest absolute Gasteiger partial charge is 0.396 e. The van der Waals surface area contributed by atoms with Gasteiger partial charge in [-0.05, 0) is 18.8 Å². The van der Waals surface area contributed by atoms with Crippen LogP contribution in [0.15, 0.2) is 0 Å². The fourth-order valence-electron chi connectivity index (χ4n) is 2.05. The van der Waals surface area contributed by atoms with E-state index in [2.05, 4.69) is 5.32 Å². The molecule has 0 spiro atoms. The van der Waals surface area contributed by atoms with E-state index in [-0.39, 0.29) is 13.2 Å². The maximum atomic E-state index is 9.17. The summed E-state index contributed by atoms with van der Waals surface area (Å²) in [5.41, 5.74) is 0. The van der Waals surface area contributed by atoms with Crippen LogP contribution in [-0.2, 0) is 0 Å². The van der Waals surface area contributed by atoms with Crippen molar-refractivity contribution in [3.63, 3.8) is 0 Å². The van der Waals surface area contributed by atoms with Crippen molar-refractivity contribution in [2.24, 2.45) is 5.92 Å². The van der Waals surface area contributed by atoms with Gasteiger partial charge in [-0.15, -0.1) is 0 Å². The predicted molar refractivity (Wildman–Crippen MR) is 53.9 cm³/mol. The smallest absolute Gasteiger partial charge is 0.0895 e. The van der Waals surface area contributed by atoms with E-state index in [0.29, 0.717) is 18.5 Å². The molecule has 0 aliphatic heterocycles. The van der Waals surface area contributed by atoms with E-state index < -0.39 is 6.10 Å². The topological polar surface area (TPSA) is 72.7 Å². The van der Waals surface area contributed by atoms with E-state index in [9.17, 15) is 5.11 Å². The summed E-state index contributed by atoms with van der Waals surface area (Å²) in [6.45, 7) is 0.425. The fourth-order valence-corrected chi connectivity index (χ4v) is 2.05. The summed E-state index contributed by atoms with van der Waals surface area (Å²) in [5.74, 6) is 0.314. The third-order valence-electron chi connectivity index (χ3n) is 2.97. The van der Waals surface area contributed by atoms with Crippen LogP contribution in [0.4, 0.5) is 0 Å². The highest BCUT2D eigenvalue weighted by Crippen LogP contribution is 2.23. The summed E-state index contributed by atoms with van der Waals surface area (Å²) in [7, 11) is 0. The summed E-state index contributed by atoms with van der Waals surface area (Å²) in [5, 5.41) is 30.2. The van der Waals surface area contributed by atoms with Crippen molar-refractivity contribution in [1.29, 1.82) is 0 Å². The van der Waals surface area contributed by atoms with Gasteiger partial charge in [0.15, 0.2) is 0 Å². The second kappa shape index (κ2) is 6.35. The van der Waals surface area contributed by atoms with Gasteiger partial charge in [-0.3, -0.25) is 0 Å². The molecule has 0 bridgehead atoms. The van der Waals surface area contributed by atoms with Crippen molar-refractivity contribution in [2.45, 2.75) is 37.8 Å². The molecular weight excluding hydrogens is 182 g/mol. The van der Waals surface area contributed by atoms with Gasteiger partial charge in [0, 0.05) is 19.2 Å². The lowest BCUT2D eigenvalue weighted by molar-refractivity contribution is 0.0815. The van der Waals surface area contributed by atoms with E-state index >= 15 is 0 Å². The molecule has 1 aliphatic carbocycles. The van der Waals surface area contributed by atoms with E-state index in [1.54, 1.807) is 0 Å². The van der Waals surface area contributed by atoms with Crippen LogP contribution in [0.1, 0.15) is 25.7 Å². The quantitative estimate of drug-likeness (QED) is 0.485. The molecule has 0 radical (unpaired) electrons. The van der Waals surface area contributed by atoms with E-state index in [1.807, 2.05) is 0 Å². The van der Waals surface area contributed by atoms with Crippen LogP contribution < -0.4 is 5.32 Å². The van der Waals surface area contributed by atoms with Gasteiger partial charge in [0.2, 0.25) is 0 Å². The monoisotopic (exact) mass is 203 g/mol. The average Bonchev–Trinajstić information content (AvgIpc) is 2.26. The zero-order chi connectivity index (χ0) is 10.4. The summed E-state index contributed by atoms with van der Waals surface area (Å²) in [6.07, 6.45) is 3.80. The third kappa shape index (κ3) is 3.53. The lowest BCUT2D eigenvalue weighted by Crippen LogP contribution is -2.44. The molecule has 3 unspecified atom stereocenters. The minimum absolute atomic E-state index is 0.205. The van der Waals surface area contributed by atoms with Gasteiger partial charge in [0.25, 0.3) is 0 Å². The van der Waals surface area contributed by atoms with Crippen molar-refractivity contribution < 1.29 is 15.3 Å². The summed E-state index contributed by atoms with van der Waals surface area (Å²) in [6, 6.07) is 0.301. The summed E-state index contributed by atoms with van der Waals surface area (Å²) >= 11 is 0. The first-order chi connectivity index (χ1) is 6.77. The molecule has 3 atom stereocenters. The Morgan fingerprint density at radius 3 is 2.57 bits per heavy atom. The minimum Gasteiger partial charge on any atom is -0.396 e. The Bertz CT molecular complexity index is 154. The van der Waals surface area contributed by atoms with Gasteiger partial charge in [0.05, 0.1) is 12.7 Å². The molecule has 0 aromatic heterocycles. The van der Waals surface area contributed by atoms with Crippen molar-refractivity contribution in [3.8, 4) is 0 Å². The molecule has 4 nitrogen and oxygen atoms in total. The normalized spacial score (nSPS) is 30.2. The molecule has 0 heterocycles. The number of aliphatic hydroxyl groups excluding tert-OH is 3. The number of hydrogen-bond acceptors (Lipinski definition) is 4. The Labute approximate surface area is 85.0 Å². The van der Waals surface area contributed by atoms with Crippen molar-refractivity contribution in [3.05, 3.63) is 0 Å². The number of rotatable bonds is 5. The van der Waals surface area contributed by atoms with Crippen LogP contribution in [0.5, 0.6) is 0 Å². The Hall–Kier alpha value is -0.160. The Morgan fingerprint density at radius 1 is 1.21 bits per heavy atom. The molecule has 0 saturated heterocycles. The zero-order valence-corrected chi connectivity index (χ0v) is 8.52. The molecule has 0 aromatic carbocycles. The highest BCUT2D eigenvalue weighted by atomic mass is 16.3. The minimum atomic E-state index is -0.684. The molecular formula is C10H21NO3. The molecule has 0 aromatic rings. The third-order valence-corrected chi connectivity index (χ3v) is 2.97. The van der Waals surface area contributed by atoms with Gasteiger partial charge in [-0.1, -0.05) is 12.8 Å². The molecule has 1 fully saturated rings. The first kappa shape index (κ1) is 11.9. The second-order valence-corrected chi connectivity index (χ2v) is 4.08. The van der Waals surface area contributed by atoms with Crippen LogP contribution in [0, 0.1) is 5.92 Å². The van der Waals surface area contributed by atoms with Gasteiger partial charge in [0.1, 0.15) is 0 Å². The summed E-state index contributed by atoms with van der Waals surface area (Å²) in [4.78, 5) is 0. The molecule has 1 saturated carbocycles. The highest BCUT2D eigenvalue weighted by molar-refractivity contribution is 4.81. The zero-order valence-electron chi connectivity index (χ0n) is 8.52. The first-order valence-corrected chi connectivity index (χ1v) is 5.41. The van der Waals surface area contributed by atoms with Gasteiger partial charge >= 0.3 is 0 Å². The lowest BCUT2D eigenvalue weighted by Gasteiger charge is -2.31. The number of aliphatic hydroxyl groups is 3. The molecule has 84 valence electrons. The highest BCUT2D eigenvalue weighted by Gasteiger charge is 2.24. The van der Waals surface area contributed by atoms with E-state index in [0.717, 1.165) is 12.8 Å². The standard InChI is InChI=1S/C10H21NO3/c12-6-8-3-1-2-4-10(8)11-5-9(14)7-13/h8-14H,1-7H2. The molecule has 14 heavy (non-hydrogen) atoms. The Kier molecular flexibility index (Phi) is 5.40. The van der Waals surface area contributed by atoms with Crippen LogP contribution in [0.3, 0.4) is 0 Å². The maximum Gasteiger partial charge on any atom is 0.0895 e. The molecule has 4 N–H and O–H groups in total. The van der Waals surface area contributed by atoms with Crippen LogP contribution in [-0.4, -0.2) is 47.2 Å². The van der Waals surface area contributed by atoms with E-state index in [4.69, 9.17) is 10.2 Å². The maximum absolute atomic E-state index is 9.17. The number of hydrogen-bond donors (Lipinski definition) is 4. The van der Waals surface area contributed by atoms with Crippen LogP contribution in [0.2, 0.25) is 0 Å². The first-order valence-electron chi connectivity index (χ1n) is 5.41.